The smallest absolute Gasteiger partial charge is 0.336 e. The van der Waals surface area contributed by atoms with E-state index in [0.717, 1.165) is 5.39 Å². The molecule has 0 aliphatic rings. The van der Waals surface area contributed by atoms with Crippen molar-refractivity contribution in [1.29, 1.82) is 0 Å². The molecule has 11 nitrogen and oxygen atoms in total. The largest absolute Gasteiger partial charge is 0.478 e. The number of carboxylic acid groups (broad SMARTS) is 3. The average molecular weight is 539 g/mol. The number of aliphatic carboxylic acids is 3. The van der Waals surface area contributed by atoms with Gasteiger partial charge in [-0.25, -0.2) is 19.2 Å². The summed E-state index contributed by atoms with van der Waals surface area (Å²) in [4.78, 5) is 39.5. The summed E-state index contributed by atoms with van der Waals surface area (Å²) in [5.74, 6) is -2.81. The fourth-order valence-electron chi connectivity index (χ4n) is 1.50. The van der Waals surface area contributed by atoms with Crippen LogP contribution in [-0.2, 0) is 14.4 Å². The van der Waals surface area contributed by atoms with E-state index in [1.165, 1.54) is 26.8 Å². The van der Waals surface area contributed by atoms with Crippen LogP contribution in [0.15, 0.2) is 82.1 Å². The SMILES string of the molecule is C=C(C)C(=O)O.C=C(C)C(=O)O.C=C(C)C(=O)O.CCC(CO)(CO)CO.O=c1ccc2ccccc2o1. The van der Waals surface area contributed by atoms with Crippen LogP contribution in [0.25, 0.3) is 11.0 Å². The molecule has 2 aromatic rings. The van der Waals surface area contributed by atoms with Crippen molar-refractivity contribution < 1.29 is 49.4 Å². The van der Waals surface area contributed by atoms with Crippen molar-refractivity contribution in [1.82, 2.24) is 0 Å². The first-order chi connectivity index (χ1) is 17.5. The van der Waals surface area contributed by atoms with Gasteiger partial charge in [-0.05, 0) is 39.3 Å². The number of para-hydroxylation sites is 1. The lowest BCUT2D eigenvalue weighted by molar-refractivity contribution is -0.133. The van der Waals surface area contributed by atoms with Gasteiger partial charge in [-0.1, -0.05) is 44.9 Å². The Balaban J connectivity index is -0.000000416. The molecule has 0 saturated heterocycles. The van der Waals surface area contributed by atoms with Crippen molar-refractivity contribution in [3.8, 4) is 0 Å². The normalized spacial score (nSPS) is 9.34. The van der Waals surface area contributed by atoms with Crippen LogP contribution in [0.1, 0.15) is 34.1 Å². The first-order valence-electron chi connectivity index (χ1n) is 11.0. The number of hydrogen-bond acceptors (Lipinski definition) is 8. The standard InChI is InChI=1S/C9H6O2.C6H14O3.3C4H6O2/c10-9-6-5-7-3-1-2-4-8(7)11-9;1-2-6(3-7,4-8)5-9;3*1-3(2)4(5)6/h1-6H;7-9H,2-5H2,1H3;3*1H2,2H3,(H,5,6). The Bertz CT molecular complexity index is 999. The molecule has 1 aromatic heterocycles. The summed E-state index contributed by atoms with van der Waals surface area (Å²) in [5, 5.41) is 50.6. The number of hydrogen-bond donors (Lipinski definition) is 6. The summed E-state index contributed by atoms with van der Waals surface area (Å²) in [6.07, 6.45) is 0.594. The number of benzene rings is 1. The van der Waals surface area contributed by atoms with Gasteiger partial charge in [0.1, 0.15) is 5.58 Å². The van der Waals surface area contributed by atoms with E-state index < -0.39 is 23.3 Å². The Morgan fingerprint density at radius 2 is 1.08 bits per heavy atom. The molecule has 0 bridgehead atoms. The third-order valence-corrected chi connectivity index (χ3v) is 4.38. The van der Waals surface area contributed by atoms with Crippen LogP contribution >= 0.6 is 0 Å². The molecule has 0 saturated carbocycles. The zero-order valence-corrected chi connectivity index (χ0v) is 22.1. The summed E-state index contributed by atoms with van der Waals surface area (Å²) >= 11 is 0. The van der Waals surface area contributed by atoms with E-state index >= 15 is 0 Å². The second-order valence-corrected chi connectivity index (χ2v) is 7.88. The molecule has 0 spiro atoms. The Hall–Kier alpha value is -4.06. The molecule has 2 rings (SSSR count). The maximum atomic E-state index is 10.7. The molecular weight excluding hydrogens is 500 g/mol. The topological polar surface area (TPSA) is 203 Å². The fourth-order valence-corrected chi connectivity index (χ4v) is 1.50. The number of aliphatic hydroxyl groups excluding tert-OH is 3. The minimum Gasteiger partial charge on any atom is -0.478 e. The molecule has 0 aliphatic carbocycles. The number of fused-ring (bicyclic) bond motifs is 1. The van der Waals surface area contributed by atoms with Gasteiger partial charge in [0.05, 0.1) is 19.8 Å². The molecule has 0 radical (unpaired) electrons. The Morgan fingerprint density at radius 1 is 0.737 bits per heavy atom. The molecular formula is C27H38O11. The van der Waals surface area contributed by atoms with Gasteiger partial charge in [-0.2, -0.15) is 0 Å². The fraction of sp³-hybridized carbons (Fsp3) is 0.333. The molecule has 0 atom stereocenters. The Labute approximate surface area is 221 Å². The summed E-state index contributed by atoms with van der Waals surface area (Å²) in [6.45, 7) is 15.2. The maximum Gasteiger partial charge on any atom is 0.336 e. The van der Waals surface area contributed by atoms with Gasteiger partial charge < -0.3 is 35.1 Å². The van der Waals surface area contributed by atoms with Gasteiger partial charge in [0.25, 0.3) is 0 Å². The van der Waals surface area contributed by atoms with E-state index in [4.69, 9.17) is 35.1 Å². The van der Waals surface area contributed by atoms with Crippen molar-refractivity contribution in [3.63, 3.8) is 0 Å². The number of aliphatic hydroxyl groups is 3. The third-order valence-electron chi connectivity index (χ3n) is 4.38. The van der Waals surface area contributed by atoms with Gasteiger partial charge in [0, 0.05) is 33.6 Å². The highest BCUT2D eigenvalue weighted by Crippen LogP contribution is 2.18. The van der Waals surface area contributed by atoms with E-state index in [2.05, 4.69) is 19.7 Å². The van der Waals surface area contributed by atoms with Crippen LogP contribution in [0.5, 0.6) is 0 Å². The minimum atomic E-state index is -0.935. The molecule has 1 aromatic carbocycles. The van der Waals surface area contributed by atoms with E-state index in [-0.39, 0.29) is 42.2 Å². The lowest BCUT2D eigenvalue weighted by atomic mass is 9.88. The molecule has 38 heavy (non-hydrogen) atoms. The molecule has 0 amide bonds. The number of rotatable bonds is 7. The van der Waals surface area contributed by atoms with Crippen molar-refractivity contribution >= 4 is 28.9 Å². The van der Waals surface area contributed by atoms with Crippen molar-refractivity contribution in [2.24, 2.45) is 5.41 Å². The quantitative estimate of drug-likeness (QED) is 0.223. The molecule has 0 aliphatic heterocycles. The average Bonchev–Trinajstić information content (AvgIpc) is 2.87. The van der Waals surface area contributed by atoms with E-state index in [1.54, 1.807) is 12.1 Å². The van der Waals surface area contributed by atoms with Crippen LogP contribution in [-0.4, -0.2) is 68.4 Å². The predicted molar refractivity (Wildman–Crippen MR) is 144 cm³/mol. The summed E-state index contributed by atoms with van der Waals surface area (Å²) in [7, 11) is 0. The summed E-state index contributed by atoms with van der Waals surface area (Å²) < 4.78 is 4.91. The molecule has 212 valence electrons. The van der Waals surface area contributed by atoms with Gasteiger partial charge in [-0.15, -0.1) is 0 Å². The van der Waals surface area contributed by atoms with Crippen molar-refractivity contribution in [2.75, 3.05) is 19.8 Å². The summed E-state index contributed by atoms with van der Waals surface area (Å²) in [5.41, 5.74) is 0.198. The van der Waals surface area contributed by atoms with Crippen molar-refractivity contribution in [3.05, 3.63) is 83.3 Å². The van der Waals surface area contributed by atoms with Gasteiger partial charge in [-0.3, -0.25) is 0 Å². The molecule has 6 N–H and O–H groups in total. The second kappa shape index (κ2) is 21.1. The highest BCUT2D eigenvalue weighted by Gasteiger charge is 2.24. The number of carbonyl (C=O) groups is 3. The minimum absolute atomic E-state index is 0.156. The van der Waals surface area contributed by atoms with Crippen LogP contribution in [0.3, 0.4) is 0 Å². The zero-order chi connectivity index (χ0) is 30.5. The molecule has 11 heteroatoms. The highest BCUT2D eigenvalue weighted by atomic mass is 16.4. The molecule has 1 heterocycles. The lowest BCUT2D eigenvalue weighted by Crippen LogP contribution is -2.32. The summed E-state index contributed by atoms with van der Waals surface area (Å²) in [6, 6.07) is 10.6. The second-order valence-electron chi connectivity index (χ2n) is 7.88. The van der Waals surface area contributed by atoms with Gasteiger partial charge in [0.2, 0.25) is 0 Å². The van der Waals surface area contributed by atoms with Gasteiger partial charge in [0.15, 0.2) is 0 Å². The van der Waals surface area contributed by atoms with E-state index in [1.807, 2.05) is 25.1 Å². The van der Waals surface area contributed by atoms with E-state index in [0.29, 0.717) is 12.0 Å². The first-order valence-corrected chi connectivity index (χ1v) is 11.0. The van der Waals surface area contributed by atoms with E-state index in [9.17, 15) is 19.2 Å². The van der Waals surface area contributed by atoms with Crippen LogP contribution in [0.4, 0.5) is 0 Å². The predicted octanol–water partition coefficient (Wildman–Crippen LogP) is 3.09. The van der Waals surface area contributed by atoms with Crippen molar-refractivity contribution in [2.45, 2.75) is 34.1 Å². The maximum absolute atomic E-state index is 10.7. The first kappa shape index (κ1) is 38.5. The molecule has 0 fully saturated rings. The van der Waals surface area contributed by atoms with Crippen LogP contribution in [0, 0.1) is 5.41 Å². The number of carboxylic acids is 3. The third kappa shape index (κ3) is 19.2. The van der Waals surface area contributed by atoms with Crippen LogP contribution in [0.2, 0.25) is 0 Å². The Kier molecular flexibility index (Phi) is 21.3. The molecule has 0 unspecified atom stereocenters. The van der Waals surface area contributed by atoms with Crippen LogP contribution < -0.4 is 5.63 Å². The Morgan fingerprint density at radius 3 is 1.34 bits per heavy atom. The lowest BCUT2D eigenvalue weighted by Gasteiger charge is -2.24. The monoisotopic (exact) mass is 538 g/mol. The van der Waals surface area contributed by atoms with Gasteiger partial charge >= 0.3 is 23.5 Å². The highest BCUT2D eigenvalue weighted by molar-refractivity contribution is 5.85. The zero-order valence-electron chi connectivity index (χ0n) is 22.1.